The quantitative estimate of drug-likeness (QED) is 0.345. The molecule has 4 heteroatoms. The number of nitrogens with one attached hydrogen (secondary N) is 1. The largest absolute Gasteiger partial charge is 0.346 e. The van der Waals surface area contributed by atoms with Crippen molar-refractivity contribution in [2.75, 3.05) is 6.54 Å². The molecule has 1 amide bonds. The first-order chi connectivity index (χ1) is 8.15. The molecule has 1 rings (SSSR count). The topological polar surface area (TPSA) is 63.2 Å². The van der Waals surface area contributed by atoms with E-state index in [2.05, 4.69) is 11.9 Å². The third-order valence-electron chi connectivity index (χ3n) is 2.08. The lowest BCUT2D eigenvalue weighted by Crippen LogP contribution is -2.32. The summed E-state index contributed by atoms with van der Waals surface area (Å²) in [4.78, 5) is 34.2. The van der Waals surface area contributed by atoms with Crippen LogP contribution in [-0.4, -0.2) is 24.0 Å². The van der Waals surface area contributed by atoms with E-state index in [1.807, 2.05) is 0 Å². The lowest BCUT2D eigenvalue weighted by molar-refractivity contribution is -0.137. The highest BCUT2D eigenvalue weighted by Crippen LogP contribution is 2.03. The Bertz CT molecular complexity index is 437. The molecule has 0 saturated heterocycles. The monoisotopic (exact) mass is 231 g/mol. The van der Waals surface area contributed by atoms with Crippen LogP contribution in [0, 0.1) is 0 Å². The molecule has 0 aliphatic carbocycles. The van der Waals surface area contributed by atoms with Crippen molar-refractivity contribution in [1.29, 1.82) is 0 Å². The minimum absolute atomic E-state index is 0.212. The third kappa shape index (κ3) is 4.03. The molecule has 0 radical (unpaired) electrons. The highest BCUT2D eigenvalue weighted by atomic mass is 16.2. The zero-order chi connectivity index (χ0) is 12.7. The molecule has 0 unspecified atom stereocenters. The summed E-state index contributed by atoms with van der Waals surface area (Å²) in [5.41, 5.74) is 0.428. The Morgan fingerprint density at radius 3 is 2.41 bits per heavy atom. The van der Waals surface area contributed by atoms with Crippen molar-refractivity contribution in [1.82, 2.24) is 5.32 Å². The maximum absolute atomic E-state index is 11.6. The van der Waals surface area contributed by atoms with Crippen LogP contribution in [0.25, 0.3) is 0 Å². The van der Waals surface area contributed by atoms with Gasteiger partial charge in [0.25, 0.3) is 5.91 Å². The molecular weight excluding hydrogens is 218 g/mol. The summed E-state index contributed by atoms with van der Waals surface area (Å²) < 4.78 is 0. The number of carbonyl (C=O) groups excluding carboxylic acids is 3. The average molecular weight is 231 g/mol. The summed E-state index contributed by atoms with van der Waals surface area (Å²) in [5, 5.41) is 2.33. The maximum atomic E-state index is 11.6. The number of hydrogen-bond acceptors (Lipinski definition) is 3. The Hall–Kier alpha value is -2.23. The molecule has 1 aromatic rings. The lowest BCUT2D eigenvalue weighted by Gasteiger charge is -2.01. The smallest absolute Gasteiger partial charge is 0.288 e. The molecule has 0 heterocycles. The van der Waals surface area contributed by atoms with Crippen molar-refractivity contribution in [2.24, 2.45) is 0 Å². The van der Waals surface area contributed by atoms with Gasteiger partial charge in [0.2, 0.25) is 5.78 Å². The van der Waals surface area contributed by atoms with Gasteiger partial charge >= 0.3 is 0 Å². The van der Waals surface area contributed by atoms with E-state index >= 15 is 0 Å². The first-order valence-corrected chi connectivity index (χ1v) is 5.15. The van der Waals surface area contributed by atoms with E-state index in [0.717, 1.165) is 0 Å². The molecule has 1 N–H and O–H groups in total. The van der Waals surface area contributed by atoms with Gasteiger partial charge in [-0.05, 0) is 0 Å². The molecule has 0 atom stereocenters. The summed E-state index contributed by atoms with van der Waals surface area (Å²) >= 11 is 0. The van der Waals surface area contributed by atoms with Gasteiger partial charge in [0.1, 0.15) is 0 Å². The fraction of sp³-hybridized carbons (Fsp3) is 0.154. The number of Topliss-reactive ketones (excluding diaryl/α,β-unsaturated/α-hetero) is 2. The van der Waals surface area contributed by atoms with Crippen molar-refractivity contribution in [2.45, 2.75) is 6.42 Å². The molecule has 4 nitrogen and oxygen atoms in total. The van der Waals surface area contributed by atoms with Gasteiger partial charge in [-0.1, -0.05) is 36.4 Å². The van der Waals surface area contributed by atoms with Gasteiger partial charge in [0.15, 0.2) is 5.78 Å². The fourth-order valence-electron chi connectivity index (χ4n) is 1.22. The number of amides is 1. The van der Waals surface area contributed by atoms with Gasteiger partial charge in [-0.25, -0.2) is 0 Å². The highest BCUT2D eigenvalue weighted by Gasteiger charge is 2.17. The molecule has 0 fully saturated rings. The Balaban J connectivity index is 2.55. The molecule has 0 aromatic heterocycles. The van der Waals surface area contributed by atoms with Crippen LogP contribution < -0.4 is 5.32 Å². The number of hydrogen-bond donors (Lipinski definition) is 1. The van der Waals surface area contributed by atoms with E-state index in [9.17, 15) is 14.4 Å². The molecule has 0 saturated carbocycles. The minimum atomic E-state index is -0.755. The average Bonchev–Trinajstić information content (AvgIpc) is 2.36. The molecular formula is C13H13NO3. The SMILES string of the molecule is C=CCNC(=O)C(=O)CC(=O)c1ccccc1. The number of benzene rings is 1. The molecule has 17 heavy (non-hydrogen) atoms. The Kier molecular flexibility index (Phi) is 4.81. The zero-order valence-electron chi connectivity index (χ0n) is 9.31. The van der Waals surface area contributed by atoms with Crippen molar-refractivity contribution in [3.8, 4) is 0 Å². The van der Waals surface area contributed by atoms with Crippen molar-refractivity contribution in [3.63, 3.8) is 0 Å². The Morgan fingerprint density at radius 2 is 1.82 bits per heavy atom. The van der Waals surface area contributed by atoms with Gasteiger partial charge in [0, 0.05) is 12.1 Å². The van der Waals surface area contributed by atoms with Crippen LogP contribution in [0.2, 0.25) is 0 Å². The van der Waals surface area contributed by atoms with Crippen LogP contribution in [0.4, 0.5) is 0 Å². The summed E-state index contributed by atoms with van der Waals surface area (Å²) in [7, 11) is 0. The van der Waals surface area contributed by atoms with E-state index in [4.69, 9.17) is 0 Å². The van der Waals surface area contributed by atoms with Crippen LogP contribution in [-0.2, 0) is 9.59 Å². The molecule has 88 valence electrons. The van der Waals surface area contributed by atoms with Crippen LogP contribution in [0.1, 0.15) is 16.8 Å². The van der Waals surface area contributed by atoms with E-state index in [1.54, 1.807) is 30.3 Å². The van der Waals surface area contributed by atoms with Gasteiger partial charge in [-0.3, -0.25) is 14.4 Å². The van der Waals surface area contributed by atoms with Gasteiger partial charge < -0.3 is 5.32 Å². The second-order valence-electron chi connectivity index (χ2n) is 3.39. The first-order valence-electron chi connectivity index (χ1n) is 5.15. The number of ketones is 2. The highest BCUT2D eigenvalue weighted by molar-refractivity contribution is 6.40. The maximum Gasteiger partial charge on any atom is 0.288 e. The summed E-state index contributed by atoms with van der Waals surface area (Å²) in [6.07, 6.45) is 1.05. The van der Waals surface area contributed by atoms with Crippen molar-refractivity contribution in [3.05, 3.63) is 48.6 Å². The van der Waals surface area contributed by atoms with Crippen LogP contribution in [0.5, 0.6) is 0 Å². The van der Waals surface area contributed by atoms with E-state index in [-0.39, 0.29) is 12.3 Å². The number of carbonyl (C=O) groups is 3. The van der Waals surface area contributed by atoms with E-state index < -0.39 is 18.1 Å². The Labute approximate surface area is 99.3 Å². The predicted octanol–water partition coefficient (Wildman–Crippen LogP) is 1.13. The Morgan fingerprint density at radius 1 is 1.18 bits per heavy atom. The molecule has 0 spiro atoms. The molecule has 0 bridgehead atoms. The van der Waals surface area contributed by atoms with Gasteiger partial charge in [-0.2, -0.15) is 0 Å². The summed E-state index contributed by atoms with van der Waals surface area (Å²) in [5.74, 6) is -1.85. The summed E-state index contributed by atoms with van der Waals surface area (Å²) in [6.45, 7) is 3.62. The normalized spacial score (nSPS) is 9.41. The fourth-order valence-corrected chi connectivity index (χ4v) is 1.22. The van der Waals surface area contributed by atoms with Gasteiger partial charge in [0.05, 0.1) is 6.42 Å². The van der Waals surface area contributed by atoms with E-state index in [0.29, 0.717) is 5.56 Å². The van der Waals surface area contributed by atoms with Crippen molar-refractivity contribution < 1.29 is 14.4 Å². The third-order valence-corrected chi connectivity index (χ3v) is 2.08. The second-order valence-corrected chi connectivity index (χ2v) is 3.39. The van der Waals surface area contributed by atoms with Crippen molar-refractivity contribution >= 4 is 17.5 Å². The summed E-state index contributed by atoms with van der Waals surface area (Å²) in [6, 6.07) is 8.40. The zero-order valence-corrected chi connectivity index (χ0v) is 9.31. The molecule has 0 aliphatic rings. The standard InChI is InChI=1S/C13H13NO3/c1-2-8-14-13(17)12(16)9-11(15)10-6-4-3-5-7-10/h2-7H,1,8-9H2,(H,14,17). The van der Waals surface area contributed by atoms with Crippen LogP contribution in [0.15, 0.2) is 43.0 Å². The minimum Gasteiger partial charge on any atom is -0.346 e. The molecule has 1 aromatic carbocycles. The number of rotatable bonds is 6. The predicted molar refractivity (Wildman–Crippen MR) is 63.6 cm³/mol. The second kappa shape index (κ2) is 6.37. The van der Waals surface area contributed by atoms with E-state index in [1.165, 1.54) is 6.08 Å². The van der Waals surface area contributed by atoms with Crippen LogP contribution >= 0.6 is 0 Å². The lowest BCUT2D eigenvalue weighted by atomic mass is 10.1. The van der Waals surface area contributed by atoms with Gasteiger partial charge in [-0.15, -0.1) is 6.58 Å². The van der Waals surface area contributed by atoms with Crippen LogP contribution in [0.3, 0.4) is 0 Å². The first kappa shape index (κ1) is 12.8. The molecule has 0 aliphatic heterocycles.